The molecule has 0 saturated heterocycles. The molecule has 0 aromatic heterocycles. The molecule has 0 fully saturated rings. The average Bonchev–Trinajstić information content (AvgIpc) is 2.60. The molecule has 1 aromatic carbocycles. The first-order valence-electron chi connectivity index (χ1n) is 9.18. The van der Waals surface area contributed by atoms with Crippen LogP contribution in [0.1, 0.15) is 53.5 Å². The fourth-order valence-electron chi connectivity index (χ4n) is 2.85. The molecule has 12 heteroatoms. The molecule has 1 atom stereocenters. The van der Waals surface area contributed by atoms with E-state index in [0.717, 1.165) is 19.9 Å². The van der Waals surface area contributed by atoms with Crippen molar-refractivity contribution in [2.45, 2.75) is 69.8 Å². The number of carboxylic acid groups (broad SMARTS) is 1. The molecule has 1 rings (SSSR count). The van der Waals surface area contributed by atoms with Crippen molar-refractivity contribution in [3.8, 4) is 0 Å². The van der Waals surface area contributed by atoms with Crippen LogP contribution in [0.5, 0.6) is 0 Å². The molecule has 6 nitrogen and oxygen atoms in total. The monoisotopic (exact) mass is 535 g/mol. The number of hydrogen-bond acceptors (Lipinski definition) is 4. The molecular formula is C19H26BrF4NO5S. The van der Waals surface area contributed by atoms with E-state index in [1.807, 2.05) is 4.72 Å². The Balaban J connectivity index is 3.94. The van der Waals surface area contributed by atoms with Crippen molar-refractivity contribution < 1.29 is 40.6 Å². The van der Waals surface area contributed by atoms with E-state index in [2.05, 4.69) is 15.9 Å². The van der Waals surface area contributed by atoms with Crippen LogP contribution in [0.3, 0.4) is 0 Å². The standard InChI is InChI=1S/C19H26BrF4NO5S/c1-7-18(25-31(28,29)16(2,3)4,11-8-12(20)14(22)9-13(11)21)19(23,24)17(5,6)30-10-15(26)27/h8-9,25H,7,10H2,1-6H3,(H,26,27)/t18-/m1/s1. The molecular weight excluding hydrogens is 510 g/mol. The third-order valence-corrected chi connectivity index (χ3v) is 7.80. The van der Waals surface area contributed by atoms with Crippen molar-refractivity contribution in [2.75, 3.05) is 6.61 Å². The summed E-state index contributed by atoms with van der Waals surface area (Å²) in [5.41, 5.74) is -6.34. The van der Waals surface area contributed by atoms with Gasteiger partial charge in [0, 0.05) is 11.6 Å². The number of hydrogen-bond donors (Lipinski definition) is 2. The average molecular weight is 536 g/mol. The Morgan fingerprint density at radius 2 is 1.65 bits per heavy atom. The number of alkyl halides is 2. The summed E-state index contributed by atoms with van der Waals surface area (Å²) in [6.45, 7) is 5.60. The van der Waals surface area contributed by atoms with E-state index in [4.69, 9.17) is 9.84 Å². The van der Waals surface area contributed by atoms with Crippen LogP contribution in [0.25, 0.3) is 0 Å². The highest BCUT2D eigenvalue weighted by Gasteiger charge is 2.65. The minimum absolute atomic E-state index is 0.358. The molecule has 2 N–H and O–H groups in total. The lowest BCUT2D eigenvalue weighted by molar-refractivity contribution is -0.234. The molecule has 0 aliphatic rings. The topological polar surface area (TPSA) is 92.7 Å². The molecule has 0 aliphatic carbocycles. The predicted octanol–water partition coefficient (Wildman–Crippen LogP) is 4.57. The highest BCUT2D eigenvalue weighted by atomic mass is 79.9. The van der Waals surface area contributed by atoms with Gasteiger partial charge in [0.25, 0.3) is 5.92 Å². The number of aliphatic carboxylic acids is 1. The smallest absolute Gasteiger partial charge is 0.329 e. The number of nitrogens with one attached hydrogen (secondary N) is 1. The van der Waals surface area contributed by atoms with E-state index in [1.54, 1.807) is 0 Å². The second kappa shape index (κ2) is 8.95. The van der Waals surface area contributed by atoms with Crippen molar-refractivity contribution in [1.82, 2.24) is 4.72 Å². The maximum Gasteiger partial charge on any atom is 0.329 e. The molecule has 0 unspecified atom stereocenters. The Hall–Kier alpha value is -1.24. The molecule has 31 heavy (non-hydrogen) atoms. The van der Waals surface area contributed by atoms with Crippen molar-refractivity contribution in [3.63, 3.8) is 0 Å². The lowest BCUT2D eigenvalue weighted by Crippen LogP contribution is -2.67. The van der Waals surface area contributed by atoms with Gasteiger partial charge in [0.1, 0.15) is 29.4 Å². The third kappa shape index (κ3) is 5.23. The summed E-state index contributed by atoms with van der Waals surface area (Å²) < 4.78 is 91.5. The second-order valence-electron chi connectivity index (χ2n) is 8.49. The summed E-state index contributed by atoms with van der Waals surface area (Å²) in [4.78, 5) is 10.9. The van der Waals surface area contributed by atoms with Crippen LogP contribution in [0.4, 0.5) is 17.6 Å². The quantitative estimate of drug-likeness (QED) is 0.357. The normalized spacial score (nSPS) is 15.6. The van der Waals surface area contributed by atoms with Gasteiger partial charge in [0.15, 0.2) is 0 Å². The number of halogens is 5. The van der Waals surface area contributed by atoms with Gasteiger partial charge in [-0.25, -0.2) is 30.8 Å². The van der Waals surface area contributed by atoms with Crippen molar-refractivity contribution in [3.05, 3.63) is 33.8 Å². The van der Waals surface area contributed by atoms with Gasteiger partial charge in [-0.1, -0.05) is 6.92 Å². The van der Waals surface area contributed by atoms with Gasteiger partial charge >= 0.3 is 5.97 Å². The van der Waals surface area contributed by atoms with Gasteiger partial charge in [-0.15, -0.1) is 0 Å². The first-order valence-corrected chi connectivity index (χ1v) is 11.5. The van der Waals surface area contributed by atoms with Crippen LogP contribution in [0.2, 0.25) is 0 Å². The third-order valence-electron chi connectivity index (χ3n) is 4.96. The van der Waals surface area contributed by atoms with E-state index in [9.17, 15) is 22.0 Å². The van der Waals surface area contributed by atoms with Crippen molar-refractivity contribution in [1.29, 1.82) is 0 Å². The Morgan fingerprint density at radius 3 is 2.06 bits per heavy atom. The van der Waals surface area contributed by atoms with Crippen molar-refractivity contribution in [2.24, 2.45) is 0 Å². The molecule has 178 valence electrons. The van der Waals surface area contributed by atoms with E-state index >= 15 is 8.78 Å². The van der Waals surface area contributed by atoms with Crippen molar-refractivity contribution >= 4 is 31.9 Å². The van der Waals surface area contributed by atoms with E-state index in [-0.39, 0.29) is 4.47 Å². The van der Waals surface area contributed by atoms with Crippen LogP contribution in [-0.4, -0.2) is 42.4 Å². The number of benzene rings is 1. The predicted molar refractivity (Wildman–Crippen MR) is 110 cm³/mol. The Bertz CT molecular complexity index is 947. The second-order valence-corrected chi connectivity index (χ2v) is 11.8. The van der Waals surface area contributed by atoms with Gasteiger partial charge < -0.3 is 9.84 Å². The largest absolute Gasteiger partial charge is 0.480 e. The van der Waals surface area contributed by atoms with Crippen LogP contribution in [0.15, 0.2) is 16.6 Å². The molecule has 0 saturated carbocycles. The minimum Gasteiger partial charge on any atom is -0.480 e. The molecule has 0 heterocycles. The molecule has 0 bridgehead atoms. The zero-order valence-corrected chi connectivity index (χ0v) is 20.3. The van der Waals surface area contributed by atoms with Gasteiger partial charge in [0.05, 0.1) is 9.22 Å². The first kappa shape index (κ1) is 27.8. The fourth-order valence-corrected chi connectivity index (χ4v) is 4.34. The summed E-state index contributed by atoms with van der Waals surface area (Å²) in [6.07, 6.45) is -0.676. The van der Waals surface area contributed by atoms with Gasteiger partial charge in [-0.2, -0.15) is 4.72 Å². The van der Waals surface area contributed by atoms with E-state index < -0.39 is 68.0 Å². The number of carboxylic acids is 1. The summed E-state index contributed by atoms with van der Waals surface area (Å²) in [6, 6.07) is 1.09. The van der Waals surface area contributed by atoms with Gasteiger partial charge in [-0.3, -0.25) is 0 Å². The minimum atomic E-state index is -4.51. The van der Waals surface area contributed by atoms with E-state index in [0.29, 0.717) is 6.07 Å². The van der Waals surface area contributed by atoms with Crippen LogP contribution in [0, 0.1) is 11.6 Å². The van der Waals surface area contributed by atoms with E-state index in [1.165, 1.54) is 27.7 Å². The summed E-state index contributed by atoms with van der Waals surface area (Å²) in [5, 5.41) is 8.83. The molecule has 0 spiro atoms. The zero-order chi connectivity index (χ0) is 24.6. The Morgan fingerprint density at radius 1 is 1.13 bits per heavy atom. The number of sulfonamides is 1. The maximum absolute atomic E-state index is 16.1. The fraction of sp³-hybridized carbons (Fsp3) is 0.632. The number of carbonyl (C=O) groups is 1. The zero-order valence-electron chi connectivity index (χ0n) is 17.9. The van der Waals surface area contributed by atoms with Crippen LogP contribution >= 0.6 is 15.9 Å². The maximum atomic E-state index is 16.1. The van der Waals surface area contributed by atoms with Gasteiger partial charge in [0.2, 0.25) is 10.0 Å². The molecule has 1 aromatic rings. The Labute approximate surface area is 187 Å². The molecule has 0 radical (unpaired) electrons. The first-order chi connectivity index (χ1) is 13.8. The highest BCUT2D eigenvalue weighted by Crippen LogP contribution is 2.50. The lowest BCUT2D eigenvalue weighted by atomic mass is 9.75. The van der Waals surface area contributed by atoms with Crippen LogP contribution < -0.4 is 4.72 Å². The van der Waals surface area contributed by atoms with Crippen LogP contribution in [-0.2, 0) is 25.1 Å². The highest BCUT2D eigenvalue weighted by molar-refractivity contribution is 9.10. The molecule has 0 aliphatic heterocycles. The Kier molecular flexibility index (Phi) is 8.03. The summed E-state index contributed by atoms with van der Waals surface area (Å²) >= 11 is 2.82. The number of rotatable bonds is 9. The lowest BCUT2D eigenvalue weighted by Gasteiger charge is -2.48. The molecule has 0 amide bonds. The summed E-state index contributed by atoms with van der Waals surface area (Å²) in [7, 11) is -4.51. The number of ether oxygens (including phenoxy) is 1. The SMILES string of the molecule is CC[C@@](NS(=O)(=O)C(C)(C)C)(c1cc(Br)c(F)cc1F)C(F)(F)C(C)(C)OCC(=O)O. The van der Waals surface area contributed by atoms with Gasteiger partial charge in [-0.05, 0) is 63.0 Å². The summed E-state index contributed by atoms with van der Waals surface area (Å²) in [5.74, 6) is -8.22.